The van der Waals surface area contributed by atoms with Crippen LogP contribution in [0.25, 0.3) is 0 Å². The largest absolute Gasteiger partial charge is 0.497 e. The summed E-state index contributed by atoms with van der Waals surface area (Å²) in [6, 6.07) is 11.2. The number of halogens is 1. The van der Waals surface area contributed by atoms with Crippen LogP contribution < -0.4 is 9.64 Å². The fourth-order valence-corrected chi connectivity index (χ4v) is 3.02. The van der Waals surface area contributed by atoms with Crippen LogP contribution in [0.5, 0.6) is 5.75 Å². The lowest BCUT2D eigenvalue weighted by Crippen LogP contribution is -2.47. The van der Waals surface area contributed by atoms with E-state index < -0.39 is 6.10 Å². The summed E-state index contributed by atoms with van der Waals surface area (Å²) < 4.78 is 5.26. The molecule has 1 saturated heterocycles. The third kappa shape index (κ3) is 4.17. The van der Waals surface area contributed by atoms with Crippen LogP contribution in [0.2, 0.25) is 5.02 Å². The van der Waals surface area contributed by atoms with E-state index in [-0.39, 0.29) is 0 Å². The molecule has 0 aliphatic carbocycles. The Balaban J connectivity index is 1.54. The van der Waals surface area contributed by atoms with Crippen molar-refractivity contribution >= 4 is 17.4 Å². The first-order chi connectivity index (χ1) is 11.7. The van der Waals surface area contributed by atoms with Crippen LogP contribution in [-0.2, 0) is 0 Å². The summed E-state index contributed by atoms with van der Waals surface area (Å²) in [6.07, 6.45) is 1.27. The molecule has 6 heteroatoms. The normalized spacial score (nSPS) is 16.9. The molecule has 2 aromatic rings. The summed E-state index contributed by atoms with van der Waals surface area (Å²) in [4.78, 5) is 8.94. The summed E-state index contributed by atoms with van der Waals surface area (Å²) in [5.74, 6) is 1.76. The zero-order chi connectivity index (χ0) is 16.9. The second kappa shape index (κ2) is 7.83. The average Bonchev–Trinajstić information content (AvgIpc) is 2.63. The maximum atomic E-state index is 10.4. The number of anilines is 1. The lowest BCUT2D eigenvalue weighted by molar-refractivity contribution is 0.109. The number of aromatic nitrogens is 1. The zero-order valence-electron chi connectivity index (χ0n) is 13.7. The zero-order valence-corrected chi connectivity index (χ0v) is 14.5. The Kier molecular flexibility index (Phi) is 5.56. The molecule has 1 aromatic carbocycles. The number of aliphatic hydroxyl groups excluding tert-OH is 1. The summed E-state index contributed by atoms with van der Waals surface area (Å²) in [7, 11) is 1.66. The van der Waals surface area contributed by atoms with Crippen molar-refractivity contribution in [1.82, 2.24) is 9.88 Å². The quantitative estimate of drug-likeness (QED) is 0.901. The van der Waals surface area contributed by atoms with E-state index in [1.54, 1.807) is 13.3 Å². The fourth-order valence-electron chi connectivity index (χ4n) is 2.89. The van der Waals surface area contributed by atoms with Crippen LogP contribution in [0.15, 0.2) is 42.6 Å². The molecule has 1 unspecified atom stereocenters. The highest BCUT2D eigenvalue weighted by molar-refractivity contribution is 6.30. The van der Waals surface area contributed by atoms with Gasteiger partial charge >= 0.3 is 0 Å². The molecule has 0 saturated carbocycles. The summed E-state index contributed by atoms with van der Waals surface area (Å²) >= 11 is 5.89. The van der Waals surface area contributed by atoms with Crippen LogP contribution in [0.4, 0.5) is 5.82 Å². The number of rotatable bonds is 5. The number of piperazine rings is 1. The number of nitrogens with zero attached hydrogens (tertiary/aromatic N) is 3. The van der Waals surface area contributed by atoms with E-state index in [9.17, 15) is 5.11 Å². The van der Waals surface area contributed by atoms with Gasteiger partial charge in [-0.2, -0.15) is 0 Å². The van der Waals surface area contributed by atoms with E-state index in [1.165, 1.54) is 0 Å². The summed E-state index contributed by atoms with van der Waals surface area (Å²) in [6.45, 7) is 4.18. The lowest BCUT2D eigenvalue weighted by atomic mass is 10.1. The molecule has 0 spiro atoms. The van der Waals surface area contributed by atoms with Gasteiger partial charge in [0.05, 0.1) is 13.2 Å². The van der Waals surface area contributed by atoms with Crippen molar-refractivity contribution in [2.24, 2.45) is 0 Å². The smallest absolute Gasteiger partial charge is 0.132 e. The van der Waals surface area contributed by atoms with Crippen LogP contribution in [0.1, 0.15) is 11.7 Å². The molecule has 1 aromatic heterocycles. The molecular weight excluding hydrogens is 326 g/mol. The average molecular weight is 348 g/mol. The fraction of sp³-hybridized carbons (Fsp3) is 0.389. The van der Waals surface area contributed by atoms with Gasteiger partial charge in [0.1, 0.15) is 11.6 Å². The number of benzene rings is 1. The van der Waals surface area contributed by atoms with Gasteiger partial charge in [-0.3, -0.25) is 4.90 Å². The first kappa shape index (κ1) is 17.0. The Labute approximate surface area is 147 Å². The van der Waals surface area contributed by atoms with Gasteiger partial charge in [-0.15, -0.1) is 0 Å². The number of hydrogen-bond acceptors (Lipinski definition) is 5. The molecule has 1 aliphatic rings. The highest BCUT2D eigenvalue weighted by Gasteiger charge is 2.21. The van der Waals surface area contributed by atoms with Crippen molar-refractivity contribution in [3.8, 4) is 5.75 Å². The van der Waals surface area contributed by atoms with E-state index in [4.69, 9.17) is 16.3 Å². The minimum absolute atomic E-state index is 0.497. The predicted molar refractivity (Wildman–Crippen MR) is 95.9 cm³/mol. The van der Waals surface area contributed by atoms with Crippen LogP contribution in [-0.4, -0.2) is 54.8 Å². The maximum absolute atomic E-state index is 10.4. The number of aliphatic hydroxyl groups is 1. The van der Waals surface area contributed by atoms with Crippen LogP contribution in [0.3, 0.4) is 0 Å². The third-order valence-electron chi connectivity index (χ3n) is 4.33. The predicted octanol–water partition coefficient (Wildman–Crippen LogP) is 2.60. The van der Waals surface area contributed by atoms with Gasteiger partial charge in [-0.05, 0) is 23.8 Å². The molecule has 2 heterocycles. The maximum Gasteiger partial charge on any atom is 0.132 e. The standard InChI is InChI=1S/C18H22ClN3O2/c1-24-16-6-7-20-18(12-16)22-10-8-21(9-11-22)13-17(23)14-2-4-15(19)5-3-14/h2-7,12,17,23H,8-11,13H2,1H3. The monoisotopic (exact) mass is 347 g/mol. The number of methoxy groups -OCH3 is 1. The molecule has 0 radical (unpaired) electrons. The van der Waals surface area contributed by atoms with E-state index in [0.29, 0.717) is 11.6 Å². The molecule has 1 atom stereocenters. The second-order valence-corrected chi connectivity index (χ2v) is 6.35. The first-order valence-corrected chi connectivity index (χ1v) is 8.44. The Morgan fingerprint density at radius 1 is 1.17 bits per heavy atom. The molecular formula is C18H22ClN3O2. The van der Waals surface area contributed by atoms with Crippen molar-refractivity contribution in [2.75, 3.05) is 44.7 Å². The second-order valence-electron chi connectivity index (χ2n) is 5.91. The van der Waals surface area contributed by atoms with E-state index in [1.807, 2.05) is 36.4 Å². The minimum Gasteiger partial charge on any atom is -0.497 e. The van der Waals surface area contributed by atoms with Crippen LogP contribution >= 0.6 is 11.6 Å². The topological polar surface area (TPSA) is 48.8 Å². The van der Waals surface area contributed by atoms with E-state index in [2.05, 4.69) is 14.8 Å². The molecule has 1 aliphatic heterocycles. The van der Waals surface area contributed by atoms with Crippen molar-refractivity contribution in [1.29, 1.82) is 0 Å². The Morgan fingerprint density at radius 2 is 1.88 bits per heavy atom. The van der Waals surface area contributed by atoms with Crippen LogP contribution in [0, 0.1) is 0 Å². The van der Waals surface area contributed by atoms with Gasteiger partial charge in [0.15, 0.2) is 0 Å². The lowest BCUT2D eigenvalue weighted by Gasteiger charge is -2.36. The molecule has 0 amide bonds. The minimum atomic E-state index is -0.497. The summed E-state index contributed by atoms with van der Waals surface area (Å²) in [5, 5.41) is 11.1. The van der Waals surface area contributed by atoms with Crippen molar-refractivity contribution in [2.45, 2.75) is 6.10 Å². The Hall–Kier alpha value is -1.82. The first-order valence-electron chi connectivity index (χ1n) is 8.06. The molecule has 1 fully saturated rings. The van der Waals surface area contributed by atoms with Crippen molar-refractivity contribution in [3.05, 3.63) is 53.2 Å². The van der Waals surface area contributed by atoms with Crippen molar-refractivity contribution in [3.63, 3.8) is 0 Å². The SMILES string of the molecule is COc1ccnc(N2CCN(CC(O)c3ccc(Cl)cc3)CC2)c1. The Morgan fingerprint density at radius 3 is 2.54 bits per heavy atom. The van der Waals surface area contributed by atoms with E-state index >= 15 is 0 Å². The molecule has 0 bridgehead atoms. The van der Waals surface area contributed by atoms with Gasteiger partial charge in [0, 0.05) is 50.0 Å². The number of pyridine rings is 1. The molecule has 24 heavy (non-hydrogen) atoms. The third-order valence-corrected chi connectivity index (χ3v) is 4.59. The number of β-amino-alcohol motifs (C(OH)–C–C–N with tert-alkyl or cyclic N) is 1. The van der Waals surface area contributed by atoms with Gasteiger partial charge in [0.25, 0.3) is 0 Å². The van der Waals surface area contributed by atoms with Gasteiger partial charge in [-0.25, -0.2) is 4.98 Å². The van der Waals surface area contributed by atoms with Gasteiger partial charge < -0.3 is 14.7 Å². The molecule has 5 nitrogen and oxygen atoms in total. The molecule has 3 rings (SSSR count). The number of hydrogen-bond donors (Lipinski definition) is 1. The summed E-state index contributed by atoms with van der Waals surface area (Å²) in [5.41, 5.74) is 0.899. The molecule has 128 valence electrons. The highest BCUT2D eigenvalue weighted by atomic mass is 35.5. The van der Waals surface area contributed by atoms with Gasteiger partial charge in [-0.1, -0.05) is 23.7 Å². The van der Waals surface area contributed by atoms with Gasteiger partial charge in [0.2, 0.25) is 0 Å². The molecule has 1 N–H and O–H groups in total. The number of ether oxygens (including phenoxy) is 1. The Bertz CT molecular complexity index is 658. The van der Waals surface area contributed by atoms with Crippen molar-refractivity contribution < 1.29 is 9.84 Å². The highest BCUT2D eigenvalue weighted by Crippen LogP contribution is 2.21. The van der Waals surface area contributed by atoms with E-state index in [0.717, 1.165) is 43.3 Å².